The van der Waals surface area contributed by atoms with Crippen LogP contribution in [0.1, 0.15) is 6.92 Å². The van der Waals surface area contributed by atoms with Crippen LogP contribution in [0.2, 0.25) is 0 Å². The molecular formula is C10H10IN3O. The Hall–Kier alpha value is -1.11. The molecule has 0 atom stereocenters. The summed E-state index contributed by atoms with van der Waals surface area (Å²) >= 11 is 2.21. The van der Waals surface area contributed by atoms with Gasteiger partial charge in [0.25, 0.3) is 0 Å². The normalized spacial score (nSPS) is 10.3. The second-order valence-electron chi connectivity index (χ2n) is 2.93. The maximum Gasteiger partial charge on any atom is 0.164 e. The van der Waals surface area contributed by atoms with Crippen LogP contribution in [0.4, 0.5) is 5.82 Å². The number of rotatable bonds is 3. The Balaban J connectivity index is 2.38. The van der Waals surface area contributed by atoms with Crippen LogP contribution in [0.3, 0.4) is 0 Å². The lowest BCUT2D eigenvalue weighted by molar-refractivity contribution is 0.568. The van der Waals surface area contributed by atoms with Gasteiger partial charge in [-0.15, -0.1) is 0 Å². The van der Waals surface area contributed by atoms with Gasteiger partial charge in [-0.2, -0.15) is 0 Å². The zero-order valence-corrected chi connectivity index (χ0v) is 10.4. The topological polar surface area (TPSA) is 51.0 Å². The minimum absolute atomic E-state index is 0.681. The molecule has 0 aliphatic heterocycles. The summed E-state index contributed by atoms with van der Waals surface area (Å²) < 4.78 is 6.01. The molecule has 15 heavy (non-hydrogen) atoms. The molecule has 0 aromatic carbocycles. The Labute approximate surface area is 101 Å². The molecule has 1 N–H and O–H groups in total. The van der Waals surface area contributed by atoms with E-state index in [9.17, 15) is 0 Å². The van der Waals surface area contributed by atoms with E-state index in [0.29, 0.717) is 5.82 Å². The molecule has 0 unspecified atom stereocenters. The molecule has 0 aliphatic carbocycles. The summed E-state index contributed by atoms with van der Waals surface area (Å²) in [5.41, 5.74) is 0.894. The molecule has 78 valence electrons. The zero-order chi connectivity index (χ0) is 10.7. The van der Waals surface area contributed by atoms with Crippen molar-refractivity contribution in [1.82, 2.24) is 9.97 Å². The third kappa shape index (κ3) is 2.28. The summed E-state index contributed by atoms with van der Waals surface area (Å²) in [6, 6.07) is 1.85. The van der Waals surface area contributed by atoms with Crippen molar-refractivity contribution in [2.75, 3.05) is 11.9 Å². The first-order valence-corrected chi connectivity index (χ1v) is 5.68. The number of furan rings is 1. The Morgan fingerprint density at radius 2 is 2.40 bits per heavy atom. The largest absolute Gasteiger partial charge is 0.472 e. The second-order valence-corrected chi connectivity index (χ2v) is 4.09. The molecule has 0 radical (unpaired) electrons. The maximum atomic E-state index is 5.00. The van der Waals surface area contributed by atoms with Crippen molar-refractivity contribution < 1.29 is 4.42 Å². The van der Waals surface area contributed by atoms with E-state index < -0.39 is 0 Å². The van der Waals surface area contributed by atoms with Gasteiger partial charge in [0.05, 0.1) is 15.4 Å². The van der Waals surface area contributed by atoms with Crippen LogP contribution in [0.25, 0.3) is 11.4 Å². The molecule has 0 saturated heterocycles. The van der Waals surface area contributed by atoms with Crippen LogP contribution in [-0.4, -0.2) is 16.5 Å². The van der Waals surface area contributed by atoms with Crippen molar-refractivity contribution in [2.24, 2.45) is 0 Å². The van der Waals surface area contributed by atoms with Crippen molar-refractivity contribution >= 4 is 28.4 Å². The lowest BCUT2D eigenvalue weighted by atomic mass is 10.3. The van der Waals surface area contributed by atoms with Gasteiger partial charge in [-0.25, -0.2) is 9.97 Å². The smallest absolute Gasteiger partial charge is 0.164 e. The van der Waals surface area contributed by atoms with E-state index in [1.807, 2.05) is 13.0 Å². The zero-order valence-electron chi connectivity index (χ0n) is 8.20. The van der Waals surface area contributed by atoms with Gasteiger partial charge in [-0.3, -0.25) is 0 Å². The van der Waals surface area contributed by atoms with Gasteiger partial charge in [0, 0.05) is 12.7 Å². The highest BCUT2D eigenvalue weighted by Gasteiger charge is 2.06. The van der Waals surface area contributed by atoms with E-state index in [1.54, 1.807) is 18.7 Å². The molecular weight excluding hydrogens is 305 g/mol. The first-order valence-electron chi connectivity index (χ1n) is 4.60. The number of aromatic nitrogens is 2. The molecule has 4 nitrogen and oxygen atoms in total. The predicted octanol–water partition coefficient (Wildman–Crippen LogP) is 2.77. The minimum atomic E-state index is 0.681. The third-order valence-corrected chi connectivity index (χ3v) is 2.66. The number of hydrogen-bond acceptors (Lipinski definition) is 4. The third-order valence-electron chi connectivity index (χ3n) is 1.87. The SMILES string of the molecule is CCNc1nc(-c2ccoc2)ncc1I. The molecule has 0 fully saturated rings. The molecule has 0 bridgehead atoms. The van der Waals surface area contributed by atoms with Crippen molar-refractivity contribution in [3.63, 3.8) is 0 Å². The summed E-state index contributed by atoms with van der Waals surface area (Å²) in [5, 5.41) is 3.19. The minimum Gasteiger partial charge on any atom is -0.472 e. The molecule has 2 aromatic heterocycles. The average Bonchev–Trinajstić information content (AvgIpc) is 2.75. The van der Waals surface area contributed by atoms with Crippen LogP contribution >= 0.6 is 22.6 Å². The standard InChI is InChI=1S/C10H10IN3O/c1-2-12-10-8(11)5-13-9(14-10)7-3-4-15-6-7/h3-6H,2H2,1H3,(H,12,13,14). The fourth-order valence-corrected chi connectivity index (χ4v) is 1.64. The monoisotopic (exact) mass is 315 g/mol. The van der Waals surface area contributed by atoms with E-state index in [2.05, 4.69) is 37.9 Å². The maximum absolute atomic E-state index is 5.00. The summed E-state index contributed by atoms with van der Waals surface area (Å²) in [6.45, 7) is 2.88. The molecule has 2 aromatic rings. The van der Waals surface area contributed by atoms with Gasteiger partial charge in [0.15, 0.2) is 5.82 Å². The molecule has 2 heterocycles. The van der Waals surface area contributed by atoms with Crippen LogP contribution < -0.4 is 5.32 Å². The average molecular weight is 315 g/mol. The Morgan fingerprint density at radius 1 is 1.53 bits per heavy atom. The van der Waals surface area contributed by atoms with Crippen molar-refractivity contribution in [1.29, 1.82) is 0 Å². The first-order chi connectivity index (χ1) is 7.31. The van der Waals surface area contributed by atoms with Gasteiger partial charge in [-0.05, 0) is 35.6 Å². The molecule has 5 heteroatoms. The summed E-state index contributed by atoms with van der Waals surface area (Å²) in [6.07, 6.45) is 5.05. The van der Waals surface area contributed by atoms with Gasteiger partial charge in [0.2, 0.25) is 0 Å². The highest BCUT2D eigenvalue weighted by Crippen LogP contribution is 2.20. The summed E-state index contributed by atoms with van der Waals surface area (Å²) in [4.78, 5) is 8.66. The number of anilines is 1. The van der Waals surface area contributed by atoms with E-state index >= 15 is 0 Å². The Kier molecular flexibility index (Phi) is 3.20. The van der Waals surface area contributed by atoms with Gasteiger partial charge in [0.1, 0.15) is 12.1 Å². The van der Waals surface area contributed by atoms with Crippen LogP contribution in [0.5, 0.6) is 0 Å². The van der Waals surface area contributed by atoms with Crippen LogP contribution in [0, 0.1) is 3.57 Å². The summed E-state index contributed by atoms with van der Waals surface area (Å²) in [7, 11) is 0. The summed E-state index contributed by atoms with van der Waals surface area (Å²) in [5.74, 6) is 1.55. The lowest BCUT2D eigenvalue weighted by Gasteiger charge is -2.05. The molecule has 0 aliphatic rings. The Bertz CT molecular complexity index is 442. The van der Waals surface area contributed by atoms with Crippen molar-refractivity contribution in [2.45, 2.75) is 6.92 Å². The van der Waals surface area contributed by atoms with Gasteiger partial charge in [-0.1, -0.05) is 0 Å². The fourth-order valence-electron chi connectivity index (χ4n) is 1.19. The molecule has 0 spiro atoms. The first kappa shape index (κ1) is 10.4. The van der Waals surface area contributed by atoms with Gasteiger partial charge >= 0.3 is 0 Å². The predicted molar refractivity (Wildman–Crippen MR) is 66.6 cm³/mol. The van der Waals surface area contributed by atoms with Crippen LogP contribution in [-0.2, 0) is 0 Å². The van der Waals surface area contributed by atoms with Crippen molar-refractivity contribution in [3.05, 3.63) is 28.4 Å². The number of halogens is 1. The highest BCUT2D eigenvalue weighted by atomic mass is 127. The number of nitrogens with one attached hydrogen (secondary N) is 1. The fraction of sp³-hybridized carbons (Fsp3) is 0.200. The van der Waals surface area contributed by atoms with E-state index in [1.165, 1.54) is 0 Å². The van der Waals surface area contributed by atoms with E-state index in [4.69, 9.17) is 4.42 Å². The molecule has 0 saturated carbocycles. The number of nitrogens with zero attached hydrogens (tertiary/aromatic N) is 2. The van der Waals surface area contributed by atoms with Crippen LogP contribution in [0.15, 0.2) is 29.2 Å². The van der Waals surface area contributed by atoms with E-state index in [0.717, 1.165) is 21.5 Å². The van der Waals surface area contributed by atoms with E-state index in [-0.39, 0.29) is 0 Å². The quantitative estimate of drug-likeness (QED) is 0.885. The Morgan fingerprint density at radius 3 is 3.07 bits per heavy atom. The molecule has 2 rings (SSSR count). The second kappa shape index (κ2) is 4.61. The number of hydrogen-bond donors (Lipinski definition) is 1. The molecule has 0 amide bonds. The highest BCUT2D eigenvalue weighted by molar-refractivity contribution is 14.1. The van der Waals surface area contributed by atoms with Gasteiger partial charge < -0.3 is 9.73 Å². The lowest BCUT2D eigenvalue weighted by Crippen LogP contribution is -2.03. The van der Waals surface area contributed by atoms with Crippen molar-refractivity contribution in [3.8, 4) is 11.4 Å².